The minimum atomic E-state index is -0.523. The van der Waals surface area contributed by atoms with Gasteiger partial charge < -0.3 is 9.15 Å². The number of halogens is 1. The van der Waals surface area contributed by atoms with E-state index in [-0.39, 0.29) is 0 Å². The lowest BCUT2D eigenvalue weighted by Gasteiger charge is -2.27. The van der Waals surface area contributed by atoms with E-state index < -0.39 is 11.5 Å². The van der Waals surface area contributed by atoms with E-state index in [1.54, 1.807) is 29.3 Å². The van der Waals surface area contributed by atoms with Gasteiger partial charge in [-0.2, -0.15) is 0 Å². The molecule has 0 radical (unpaired) electrons. The Balaban J connectivity index is 1.56. The van der Waals surface area contributed by atoms with E-state index in [0.717, 1.165) is 15.6 Å². The third kappa shape index (κ3) is 3.08. The number of ether oxygens (including phenoxy) is 1. The van der Waals surface area contributed by atoms with E-state index in [9.17, 15) is 4.79 Å². The van der Waals surface area contributed by atoms with E-state index >= 15 is 0 Å². The molecule has 0 saturated heterocycles. The summed E-state index contributed by atoms with van der Waals surface area (Å²) >= 11 is 3.50. The van der Waals surface area contributed by atoms with Crippen LogP contribution in [0.25, 0.3) is 28.0 Å². The maximum atomic E-state index is 13.4. The molecule has 168 valence electrons. The number of hydrogen-bond acceptors (Lipinski definition) is 7. The number of pyridine rings is 1. The summed E-state index contributed by atoms with van der Waals surface area (Å²) in [6, 6.07) is 18.8. The maximum Gasteiger partial charge on any atom is 0.344 e. The van der Waals surface area contributed by atoms with Crippen LogP contribution < -0.4 is 10.4 Å². The monoisotopic (exact) mass is 523 g/mol. The minimum Gasteiger partial charge on any atom is -0.437 e. The summed E-state index contributed by atoms with van der Waals surface area (Å²) < 4.78 is 14.5. The molecule has 1 unspecified atom stereocenters. The van der Waals surface area contributed by atoms with Gasteiger partial charge >= 0.3 is 5.63 Å². The molecule has 0 bridgehead atoms. The van der Waals surface area contributed by atoms with Gasteiger partial charge in [-0.25, -0.2) is 19.3 Å². The largest absolute Gasteiger partial charge is 0.437 e. The molecule has 4 aromatic heterocycles. The highest BCUT2D eigenvalue weighted by Crippen LogP contribution is 2.48. The van der Waals surface area contributed by atoms with Crippen LogP contribution in [0.3, 0.4) is 0 Å². The first kappa shape index (κ1) is 20.0. The Labute approximate surface area is 206 Å². The third-order valence-corrected chi connectivity index (χ3v) is 6.61. The number of para-hydroxylation sites is 1. The van der Waals surface area contributed by atoms with Crippen LogP contribution in [0.2, 0.25) is 0 Å². The van der Waals surface area contributed by atoms with Crippen LogP contribution >= 0.6 is 15.9 Å². The van der Waals surface area contributed by atoms with Crippen LogP contribution in [0, 0.1) is 0 Å². The Kier molecular flexibility index (Phi) is 4.34. The van der Waals surface area contributed by atoms with Crippen LogP contribution in [0.4, 0.5) is 0 Å². The molecule has 1 aliphatic heterocycles. The highest BCUT2D eigenvalue weighted by molar-refractivity contribution is 9.10. The van der Waals surface area contributed by atoms with Crippen molar-refractivity contribution in [2.75, 3.05) is 0 Å². The van der Waals surface area contributed by atoms with Crippen molar-refractivity contribution in [1.82, 2.24) is 24.6 Å². The first-order chi connectivity index (χ1) is 17.2. The molecule has 0 saturated carbocycles. The fraction of sp³-hybridized carbons (Fsp3) is 0.0385. The predicted octanol–water partition coefficient (Wildman–Crippen LogP) is 5.34. The fourth-order valence-electron chi connectivity index (χ4n) is 4.54. The zero-order valence-corrected chi connectivity index (χ0v) is 19.5. The number of aromatic nitrogens is 5. The maximum absolute atomic E-state index is 13.4. The van der Waals surface area contributed by atoms with Crippen molar-refractivity contribution in [3.05, 3.63) is 111 Å². The summed E-state index contributed by atoms with van der Waals surface area (Å²) in [5.74, 6) is 0.795. The van der Waals surface area contributed by atoms with Crippen molar-refractivity contribution in [3.63, 3.8) is 0 Å². The van der Waals surface area contributed by atoms with Crippen molar-refractivity contribution >= 4 is 32.5 Å². The highest BCUT2D eigenvalue weighted by Gasteiger charge is 2.37. The van der Waals surface area contributed by atoms with Gasteiger partial charge in [0.25, 0.3) is 0 Å². The van der Waals surface area contributed by atoms with Gasteiger partial charge in [-0.3, -0.25) is 4.98 Å². The van der Waals surface area contributed by atoms with Crippen LogP contribution in [0.5, 0.6) is 11.6 Å². The zero-order valence-electron chi connectivity index (χ0n) is 17.9. The number of fused-ring (bicyclic) bond motifs is 6. The second-order valence-electron chi connectivity index (χ2n) is 8.12. The topological polar surface area (TPSA) is 95.4 Å². The molecular formula is C26H14BrN5O3. The molecule has 1 atom stereocenters. The molecule has 0 fully saturated rings. The quantitative estimate of drug-likeness (QED) is 0.282. The summed E-state index contributed by atoms with van der Waals surface area (Å²) in [6.45, 7) is 0. The molecule has 1 aliphatic rings. The van der Waals surface area contributed by atoms with Crippen LogP contribution in [0.1, 0.15) is 22.6 Å². The Hall–Kier alpha value is -4.37. The van der Waals surface area contributed by atoms with Crippen molar-refractivity contribution in [3.8, 4) is 23.0 Å². The van der Waals surface area contributed by atoms with Gasteiger partial charge in [0.1, 0.15) is 11.9 Å². The number of nitrogens with zero attached hydrogens (tertiary/aromatic N) is 5. The average Bonchev–Trinajstić information content (AvgIpc) is 3.33. The highest BCUT2D eigenvalue weighted by atomic mass is 79.9. The van der Waals surface area contributed by atoms with Crippen LogP contribution in [0.15, 0.2) is 93.1 Å². The molecular weight excluding hydrogens is 510 g/mol. The van der Waals surface area contributed by atoms with Gasteiger partial charge in [0.15, 0.2) is 17.2 Å². The summed E-state index contributed by atoms with van der Waals surface area (Å²) in [5, 5.41) is 5.30. The van der Waals surface area contributed by atoms with Crippen molar-refractivity contribution in [2.45, 2.75) is 5.92 Å². The van der Waals surface area contributed by atoms with E-state index in [1.807, 2.05) is 54.6 Å². The third-order valence-electron chi connectivity index (χ3n) is 6.08. The Morgan fingerprint density at radius 3 is 2.66 bits per heavy atom. The predicted molar refractivity (Wildman–Crippen MR) is 132 cm³/mol. The van der Waals surface area contributed by atoms with Crippen molar-refractivity contribution in [2.24, 2.45) is 0 Å². The molecule has 0 N–H and O–H groups in total. The van der Waals surface area contributed by atoms with E-state index in [2.05, 4.69) is 31.0 Å². The average molecular weight is 524 g/mol. The van der Waals surface area contributed by atoms with Crippen molar-refractivity contribution in [1.29, 1.82) is 0 Å². The Morgan fingerprint density at radius 2 is 1.83 bits per heavy atom. The number of hydrogen-bond donors (Lipinski definition) is 0. The van der Waals surface area contributed by atoms with Gasteiger partial charge in [0, 0.05) is 22.4 Å². The lowest BCUT2D eigenvalue weighted by molar-refractivity contribution is 0.422. The fourth-order valence-corrected chi connectivity index (χ4v) is 4.80. The number of benzene rings is 2. The summed E-state index contributed by atoms with van der Waals surface area (Å²) in [6.07, 6.45) is 4.96. The van der Waals surface area contributed by atoms with Crippen LogP contribution in [-0.4, -0.2) is 24.6 Å². The van der Waals surface area contributed by atoms with Gasteiger partial charge in [-0.05, 0) is 42.0 Å². The second kappa shape index (κ2) is 7.57. The first-order valence-corrected chi connectivity index (χ1v) is 11.6. The van der Waals surface area contributed by atoms with Gasteiger partial charge in [0.2, 0.25) is 5.88 Å². The molecule has 5 heterocycles. The molecule has 7 rings (SSSR count). The van der Waals surface area contributed by atoms with Gasteiger partial charge in [0.05, 0.1) is 22.4 Å². The van der Waals surface area contributed by atoms with E-state index in [1.165, 1.54) is 0 Å². The Bertz CT molecular complexity index is 1810. The number of rotatable bonds is 2. The Morgan fingerprint density at radius 1 is 0.971 bits per heavy atom. The minimum absolute atomic E-state index is 0.374. The molecule has 6 aromatic rings. The molecule has 2 aromatic carbocycles. The summed E-state index contributed by atoms with van der Waals surface area (Å²) in [5.41, 5.74) is 3.23. The molecule has 0 spiro atoms. The molecule has 0 amide bonds. The molecule has 0 aliphatic carbocycles. The lowest BCUT2D eigenvalue weighted by Crippen LogP contribution is -2.22. The second-order valence-corrected chi connectivity index (χ2v) is 9.04. The summed E-state index contributed by atoms with van der Waals surface area (Å²) in [7, 11) is 0. The lowest BCUT2D eigenvalue weighted by atomic mass is 9.84. The standard InChI is InChI=1S/C26H14BrN5O3/c27-16-9-7-14(8-10-16)19-20-22(17-5-1-2-6-18(17)34-26(20)33)35-25-21(19)24-30-23(31-32(24)13-29-25)15-4-3-11-28-12-15/h1-13,19H. The molecule has 35 heavy (non-hydrogen) atoms. The van der Waals surface area contributed by atoms with Crippen molar-refractivity contribution < 1.29 is 9.15 Å². The molecule has 8 nitrogen and oxygen atoms in total. The molecule has 9 heteroatoms. The van der Waals surface area contributed by atoms with Gasteiger partial charge in [-0.1, -0.05) is 40.2 Å². The van der Waals surface area contributed by atoms with Gasteiger partial charge in [-0.15, -0.1) is 5.10 Å². The van der Waals surface area contributed by atoms with E-state index in [4.69, 9.17) is 14.1 Å². The SMILES string of the molecule is O=c1oc2ccccc2c2c1C(c1ccc(Br)cc1)c1c(ncn3nc(-c4cccnc4)nc13)O2. The summed E-state index contributed by atoms with van der Waals surface area (Å²) in [4.78, 5) is 26.9. The normalized spacial score (nSPS) is 14.5. The smallest absolute Gasteiger partial charge is 0.344 e. The van der Waals surface area contributed by atoms with Crippen LogP contribution in [-0.2, 0) is 0 Å². The zero-order chi connectivity index (χ0) is 23.5. The first-order valence-electron chi connectivity index (χ1n) is 10.8. The van der Waals surface area contributed by atoms with E-state index in [0.29, 0.717) is 45.2 Å².